The smallest absolute Gasteiger partial charge is 0.131 e. The molecule has 3 heteroatoms. The first-order valence-corrected chi connectivity index (χ1v) is 6.88. The van der Waals surface area contributed by atoms with Crippen molar-refractivity contribution in [1.82, 2.24) is 0 Å². The van der Waals surface area contributed by atoms with Gasteiger partial charge < -0.3 is 5.73 Å². The molecule has 0 aromatic heterocycles. The van der Waals surface area contributed by atoms with Crippen LogP contribution in [0.5, 0.6) is 0 Å². The zero-order chi connectivity index (χ0) is 12.7. The molecule has 0 atom stereocenters. The lowest BCUT2D eigenvalue weighted by Crippen LogP contribution is -2.41. The molecule has 0 heterocycles. The van der Waals surface area contributed by atoms with E-state index in [2.05, 4.69) is 15.9 Å². The van der Waals surface area contributed by atoms with E-state index in [1.807, 2.05) is 18.2 Å². The molecule has 0 radical (unpaired) electrons. The van der Waals surface area contributed by atoms with Crippen LogP contribution >= 0.6 is 15.9 Å². The van der Waals surface area contributed by atoms with Gasteiger partial charge in [-0.1, -0.05) is 34.5 Å². The summed E-state index contributed by atoms with van der Waals surface area (Å²) in [6.45, 7) is 3.83. The molecule has 1 aromatic carbocycles. The summed E-state index contributed by atoms with van der Waals surface area (Å²) in [5.41, 5.74) is 6.66. The Morgan fingerprint density at radius 1 is 1.41 bits per heavy atom. The van der Waals surface area contributed by atoms with Gasteiger partial charge in [-0.3, -0.25) is 0 Å². The molecule has 0 unspecified atom stereocenters. The van der Waals surface area contributed by atoms with Gasteiger partial charge in [-0.05, 0) is 38.3 Å². The van der Waals surface area contributed by atoms with Crippen molar-refractivity contribution in [3.8, 4) is 0 Å². The average Bonchev–Trinajstić information content (AvgIpc) is 2.14. The molecular formula is C14H19BrFN. The molecule has 1 aromatic rings. The van der Waals surface area contributed by atoms with Crippen LogP contribution in [0, 0.1) is 0 Å². The summed E-state index contributed by atoms with van der Waals surface area (Å²) >= 11 is 3.48. The van der Waals surface area contributed by atoms with Gasteiger partial charge in [0.1, 0.15) is 5.67 Å². The van der Waals surface area contributed by atoms with Crippen LogP contribution in [0.15, 0.2) is 22.7 Å². The predicted octanol–water partition coefficient (Wildman–Crippen LogP) is 4.03. The van der Waals surface area contributed by atoms with Crippen molar-refractivity contribution in [2.45, 2.75) is 44.2 Å². The Labute approximate surface area is 111 Å². The number of nitrogens with two attached hydrogens (primary N) is 1. The van der Waals surface area contributed by atoms with Gasteiger partial charge in [0.15, 0.2) is 0 Å². The summed E-state index contributed by atoms with van der Waals surface area (Å²) in [6, 6.07) is 5.96. The minimum absolute atomic E-state index is 0.140. The van der Waals surface area contributed by atoms with E-state index in [-0.39, 0.29) is 5.41 Å². The van der Waals surface area contributed by atoms with Crippen molar-refractivity contribution < 1.29 is 4.39 Å². The van der Waals surface area contributed by atoms with E-state index in [4.69, 9.17) is 5.73 Å². The zero-order valence-electron chi connectivity index (χ0n) is 10.4. The van der Waals surface area contributed by atoms with Crippen LogP contribution in [0.4, 0.5) is 4.39 Å². The van der Waals surface area contributed by atoms with E-state index in [0.29, 0.717) is 12.1 Å². The summed E-state index contributed by atoms with van der Waals surface area (Å²) in [5.74, 6) is 0. The molecule has 1 fully saturated rings. The summed E-state index contributed by atoms with van der Waals surface area (Å²) < 4.78 is 14.8. The van der Waals surface area contributed by atoms with Gasteiger partial charge in [-0.25, -0.2) is 4.39 Å². The summed E-state index contributed by atoms with van der Waals surface area (Å²) in [4.78, 5) is 0. The molecule has 0 saturated heterocycles. The van der Waals surface area contributed by atoms with Crippen LogP contribution in [-0.4, -0.2) is 6.54 Å². The van der Waals surface area contributed by atoms with Crippen molar-refractivity contribution in [2.24, 2.45) is 5.73 Å². The number of hydrogen-bond donors (Lipinski definition) is 1. The van der Waals surface area contributed by atoms with E-state index in [9.17, 15) is 4.39 Å². The van der Waals surface area contributed by atoms with Gasteiger partial charge in [0.05, 0.1) is 0 Å². The predicted molar refractivity (Wildman–Crippen MR) is 72.9 cm³/mol. The minimum atomic E-state index is -1.31. The first-order chi connectivity index (χ1) is 7.89. The molecule has 0 amide bonds. The second-order valence-corrected chi connectivity index (χ2v) is 6.36. The fraction of sp³-hybridized carbons (Fsp3) is 0.571. The lowest BCUT2D eigenvalue weighted by molar-refractivity contribution is 0.219. The topological polar surface area (TPSA) is 26.0 Å². The highest BCUT2D eigenvalue weighted by Crippen LogP contribution is 2.44. The number of benzene rings is 1. The maximum absolute atomic E-state index is 13.9. The molecule has 1 nitrogen and oxygen atoms in total. The number of hydrogen-bond acceptors (Lipinski definition) is 1. The van der Waals surface area contributed by atoms with Crippen molar-refractivity contribution >= 4 is 15.9 Å². The quantitative estimate of drug-likeness (QED) is 0.896. The van der Waals surface area contributed by atoms with Crippen LogP contribution in [0.25, 0.3) is 0 Å². The largest absolute Gasteiger partial charge is 0.330 e. The third-order valence-electron chi connectivity index (χ3n) is 3.92. The highest BCUT2D eigenvalue weighted by Gasteiger charge is 2.37. The number of rotatable bonds is 3. The van der Waals surface area contributed by atoms with Crippen LogP contribution in [0.2, 0.25) is 0 Å². The van der Waals surface area contributed by atoms with Crippen LogP contribution in [0.3, 0.4) is 0 Å². The Morgan fingerprint density at radius 3 is 2.41 bits per heavy atom. The summed E-state index contributed by atoms with van der Waals surface area (Å²) in [5, 5.41) is 0. The van der Waals surface area contributed by atoms with Crippen LogP contribution in [0.1, 0.15) is 44.2 Å². The van der Waals surface area contributed by atoms with Crippen molar-refractivity contribution in [3.63, 3.8) is 0 Å². The molecule has 94 valence electrons. The fourth-order valence-corrected chi connectivity index (χ4v) is 3.39. The van der Waals surface area contributed by atoms with Crippen LogP contribution in [-0.2, 0) is 11.1 Å². The van der Waals surface area contributed by atoms with Gasteiger partial charge in [0, 0.05) is 22.0 Å². The van der Waals surface area contributed by atoms with Gasteiger partial charge >= 0.3 is 0 Å². The Hall–Kier alpha value is -0.410. The standard InChI is InChI=1S/C14H19BrFN/c1-13(2,16)11-5-4-10(8-12(11)15)14(9-17)6-3-7-14/h4-5,8H,3,6-7,9,17H2,1-2H3. The molecule has 2 rings (SSSR count). The van der Waals surface area contributed by atoms with Crippen LogP contribution < -0.4 is 5.73 Å². The molecule has 1 saturated carbocycles. The van der Waals surface area contributed by atoms with E-state index >= 15 is 0 Å². The summed E-state index contributed by atoms with van der Waals surface area (Å²) in [7, 11) is 0. The molecule has 17 heavy (non-hydrogen) atoms. The average molecular weight is 300 g/mol. The molecule has 0 spiro atoms. The molecule has 0 aliphatic heterocycles. The van der Waals surface area contributed by atoms with Crippen molar-refractivity contribution in [2.75, 3.05) is 6.54 Å². The fourth-order valence-electron chi connectivity index (χ4n) is 2.54. The zero-order valence-corrected chi connectivity index (χ0v) is 12.0. The normalized spacial score (nSPS) is 18.9. The molecule has 2 N–H and O–H groups in total. The van der Waals surface area contributed by atoms with E-state index in [1.54, 1.807) is 13.8 Å². The van der Waals surface area contributed by atoms with Gasteiger partial charge in [0.2, 0.25) is 0 Å². The maximum Gasteiger partial charge on any atom is 0.131 e. The minimum Gasteiger partial charge on any atom is -0.330 e. The highest BCUT2D eigenvalue weighted by molar-refractivity contribution is 9.10. The van der Waals surface area contributed by atoms with E-state index < -0.39 is 5.67 Å². The summed E-state index contributed by atoms with van der Waals surface area (Å²) in [6.07, 6.45) is 3.54. The monoisotopic (exact) mass is 299 g/mol. The van der Waals surface area contributed by atoms with Crippen molar-refractivity contribution in [3.05, 3.63) is 33.8 Å². The second kappa shape index (κ2) is 4.36. The third-order valence-corrected chi connectivity index (χ3v) is 4.58. The first kappa shape index (κ1) is 13.0. The lowest BCUT2D eigenvalue weighted by atomic mass is 9.64. The molecule has 1 aliphatic rings. The van der Waals surface area contributed by atoms with E-state index in [0.717, 1.165) is 17.3 Å². The highest BCUT2D eigenvalue weighted by atomic mass is 79.9. The van der Waals surface area contributed by atoms with E-state index in [1.165, 1.54) is 12.0 Å². The maximum atomic E-state index is 13.9. The Bertz CT molecular complexity index is 413. The SMILES string of the molecule is CC(C)(F)c1ccc(C2(CN)CCC2)cc1Br. The number of halogens is 2. The Kier molecular flexibility index (Phi) is 3.34. The third kappa shape index (κ3) is 2.27. The van der Waals surface area contributed by atoms with Gasteiger partial charge in [-0.15, -0.1) is 0 Å². The van der Waals surface area contributed by atoms with Gasteiger partial charge in [-0.2, -0.15) is 0 Å². The van der Waals surface area contributed by atoms with Crippen molar-refractivity contribution in [1.29, 1.82) is 0 Å². The Morgan fingerprint density at radius 2 is 2.06 bits per heavy atom. The lowest BCUT2D eigenvalue weighted by Gasteiger charge is -2.42. The molecular weight excluding hydrogens is 281 g/mol. The Balaban J connectivity index is 2.37. The number of alkyl halides is 1. The molecule has 1 aliphatic carbocycles. The van der Waals surface area contributed by atoms with Gasteiger partial charge in [0.25, 0.3) is 0 Å². The molecule has 0 bridgehead atoms. The second-order valence-electron chi connectivity index (χ2n) is 5.51. The first-order valence-electron chi connectivity index (χ1n) is 6.08.